The SMILES string of the molecule is C=C(Cl)C=Nc1[nH]cc(-c2cnc(F)c(N[C@@H](C)c3ccccc3)c2)c1N. The second-order valence-electron chi connectivity index (χ2n) is 6.01. The summed E-state index contributed by atoms with van der Waals surface area (Å²) in [6.07, 6.45) is 4.52. The summed E-state index contributed by atoms with van der Waals surface area (Å²) in [5.41, 5.74) is 9.23. The molecule has 1 atom stereocenters. The van der Waals surface area contributed by atoms with Gasteiger partial charge in [-0.3, -0.25) is 0 Å². The minimum absolute atomic E-state index is 0.0868. The lowest BCUT2D eigenvalue weighted by Gasteiger charge is -2.16. The molecule has 7 heteroatoms. The van der Waals surface area contributed by atoms with Crippen LogP contribution in [0, 0.1) is 5.95 Å². The summed E-state index contributed by atoms with van der Waals surface area (Å²) >= 11 is 5.68. The Morgan fingerprint density at radius 3 is 2.85 bits per heavy atom. The van der Waals surface area contributed by atoms with Gasteiger partial charge in [0.25, 0.3) is 0 Å². The van der Waals surface area contributed by atoms with E-state index in [1.54, 1.807) is 12.3 Å². The molecule has 1 aromatic carbocycles. The molecule has 0 unspecified atom stereocenters. The minimum atomic E-state index is -0.577. The molecule has 0 radical (unpaired) electrons. The minimum Gasteiger partial charge on any atom is -0.395 e. The van der Waals surface area contributed by atoms with Crippen LogP contribution in [-0.2, 0) is 0 Å². The van der Waals surface area contributed by atoms with E-state index in [0.29, 0.717) is 28.3 Å². The molecular weight excluding hydrogens is 365 g/mol. The zero-order valence-corrected chi connectivity index (χ0v) is 15.5. The third-order valence-electron chi connectivity index (χ3n) is 4.05. The Kier molecular flexibility index (Phi) is 5.57. The van der Waals surface area contributed by atoms with Crippen LogP contribution in [0.25, 0.3) is 11.1 Å². The number of nitrogens with two attached hydrogens (primary N) is 1. The maximum atomic E-state index is 14.2. The van der Waals surface area contributed by atoms with E-state index in [1.165, 1.54) is 12.4 Å². The highest BCUT2D eigenvalue weighted by atomic mass is 35.5. The fraction of sp³-hybridized carbons (Fsp3) is 0.100. The van der Waals surface area contributed by atoms with Crippen LogP contribution in [0.1, 0.15) is 18.5 Å². The van der Waals surface area contributed by atoms with Crippen LogP contribution in [0.15, 0.2) is 65.4 Å². The maximum Gasteiger partial charge on any atom is 0.236 e. The zero-order valence-electron chi connectivity index (χ0n) is 14.7. The van der Waals surface area contributed by atoms with Crippen LogP contribution in [0.3, 0.4) is 0 Å². The van der Waals surface area contributed by atoms with Gasteiger partial charge in [-0.15, -0.1) is 0 Å². The summed E-state index contributed by atoms with van der Waals surface area (Å²) < 4.78 is 14.2. The summed E-state index contributed by atoms with van der Waals surface area (Å²) in [6.45, 7) is 5.50. The molecule has 27 heavy (non-hydrogen) atoms. The number of nitrogen functional groups attached to an aromatic ring is 1. The zero-order chi connectivity index (χ0) is 19.4. The molecule has 0 bridgehead atoms. The lowest BCUT2D eigenvalue weighted by Crippen LogP contribution is -2.08. The predicted octanol–water partition coefficient (Wildman–Crippen LogP) is 5.43. The highest BCUT2D eigenvalue weighted by molar-refractivity contribution is 6.39. The molecule has 0 amide bonds. The van der Waals surface area contributed by atoms with Gasteiger partial charge in [0.1, 0.15) is 0 Å². The quantitative estimate of drug-likeness (QED) is 0.392. The summed E-state index contributed by atoms with van der Waals surface area (Å²) in [5, 5.41) is 3.44. The molecule has 0 aliphatic heterocycles. The van der Waals surface area contributed by atoms with Crippen molar-refractivity contribution in [3.05, 3.63) is 71.9 Å². The number of nitrogens with zero attached hydrogens (tertiary/aromatic N) is 2. The number of anilines is 2. The van der Waals surface area contributed by atoms with Crippen LogP contribution in [-0.4, -0.2) is 16.2 Å². The molecule has 2 aromatic heterocycles. The van der Waals surface area contributed by atoms with Crippen LogP contribution in [0.4, 0.5) is 21.6 Å². The number of aromatic nitrogens is 2. The Labute approximate surface area is 161 Å². The standard InChI is InChI=1S/C20H19ClFN5/c1-12(21)9-25-20-18(23)16(11-26-20)15-8-17(19(22)24-10-15)27-13(2)14-6-4-3-5-7-14/h3-11,13,26-27H,1,23H2,2H3/t13-/m0/s1. The number of halogens is 2. The van der Waals surface area contributed by atoms with Gasteiger partial charge < -0.3 is 16.0 Å². The summed E-state index contributed by atoms with van der Waals surface area (Å²) in [6, 6.07) is 11.4. The highest BCUT2D eigenvalue weighted by Crippen LogP contribution is 2.35. The number of nitrogens with one attached hydrogen (secondary N) is 2. The first-order valence-corrected chi connectivity index (χ1v) is 8.66. The number of rotatable bonds is 6. The van der Waals surface area contributed by atoms with E-state index >= 15 is 0 Å². The largest absolute Gasteiger partial charge is 0.395 e. The third kappa shape index (κ3) is 4.35. The first kappa shape index (κ1) is 18.7. The smallest absolute Gasteiger partial charge is 0.236 e. The molecule has 0 fully saturated rings. The van der Waals surface area contributed by atoms with Gasteiger partial charge in [0, 0.05) is 35.8 Å². The maximum absolute atomic E-state index is 14.2. The normalized spacial score (nSPS) is 12.3. The Hall–Kier alpha value is -3.12. The predicted molar refractivity (Wildman–Crippen MR) is 110 cm³/mol. The number of aromatic amines is 1. The molecule has 3 aromatic rings. The van der Waals surface area contributed by atoms with Gasteiger partial charge in [0.15, 0.2) is 5.82 Å². The fourth-order valence-corrected chi connectivity index (χ4v) is 2.71. The van der Waals surface area contributed by atoms with Crippen molar-refractivity contribution in [1.29, 1.82) is 0 Å². The Bertz CT molecular complexity index is 981. The van der Waals surface area contributed by atoms with Crippen LogP contribution < -0.4 is 11.1 Å². The number of allylic oxidation sites excluding steroid dienone is 1. The van der Waals surface area contributed by atoms with Crippen molar-refractivity contribution >= 4 is 35.0 Å². The average molecular weight is 384 g/mol. The fourth-order valence-electron chi connectivity index (χ4n) is 2.66. The second-order valence-corrected chi connectivity index (χ2v) is 6.49. The summed E-state index contributed by atoms with van der Waals surface area (Å²) in [4.78, 5) is 11.0. The van der Waals surface area contributed by atoms with Crippen molar-refractivity contribution in [1.82, 2.24) is 9.97 Å². The molecule has 5 nitrogen and oxygen atoms in total. The van der Waals surface area contributed by atoms with E-state index in [-0.39, 0.29) is 11.1 Å². The van der Waals surface area contributed by atoms with E-state index in [9.17, 15) is 4.39 Å². The molecule has 0 spiro atoms. The highest BCUT2D eigenvalue weighted by Gasteiger charge is 2.14. The van der Waals surface area contributed by atoms with Crippen LogP contribution in [0.5, 0.6) is 0 Å². The molecule has 2 heterocycles. The monoisotopic (exact) mass is 383 g/mol. The Morgan fingerprint density at radius 1 is 1.41 bits per heavy atom. The lowest BCUT2D eigenvalue weighted by atomic mass is 10.1. The Balaban J connectivity index is 1.89. The van der Waals surface area contributed by atoms with E-state index < -0.39 is 5.95 Å². The number of pyridine rings is 1. The van der Waals surface area contributed by atoms with Gasteiger partial charge in [-0.1, -0.05) is 48.5 Å². The van der Waals surface area contributed by atoms with E-state index in [4.69, 9.17) is 17.3 Å². The molecular formula is C20H19ClFN5. The molecule has 0 aliphatic rings. The first-order valence-electron chi connectivity index (χ1n) is 8.28. The third-order valence-corrected chi connectivity index (χ3v) is 4.15. The molecule has 0 saturated heterocycles. The van der Waals surface area contributed by atoms with Gasteiger partial charge >= 0.3 is 0 Å². The van der Waals surface area contributed by atoms with Gasteiger partial charge in [0.2, 0.25) is 5.95 Å². The lowest BCUT2D eigenvalue weighted by molar-refractivity contribution is 0.585. The molecule has 4 N–H and O–H groups in total. The van der Waals surface area contributed by atoms with E-state index in [0.717, 1.165) is 5.56 Å². The van der Waals surface area contributed by atoms with Gasteiger partial charge in [-0.05, 0) is 18.6 Å². The number of aliphatic imine (C=N–C) groups is 1. The van der Waals surface area contributed by atoms with Crippen molar-refractivity contribution in [2.75, 3.05) is 11.1 Å². The van der Waals surface area contributed by atoms with Gasteiger partial charge in [0.05, 0.1) is 16.4 Å². The topological polar surface area (TPSA) is 79.1 Å². The Morgan fingerprint density at radius 2 is 2.15 bits per heavy atom. The number of hydrogen-bond donors (Lipinski definition) is 3. The van der Waals surface area contributed by atoms with Crippen molar-refractivity contribution in [2.45, 2.75) is 13.0 Å². The van der Waals surface area contributed by atoms with Gasteiger partial charge in [-0.2, -0.15) is 4.39 Å². The van der Waals surface area contributed by atoms with Crippen molar-refractivity contribution in [2.24, 2.45) is 4.99 Å². The molecule has 3 rings (SSSR count). The average Bonchev–Trinajstić information content (AvgIpc) is 3.03. The second kappa shape index (κ2) is 8.05. The van der Waals surface area contributed by atoms with E-state index in [2.05, 4.69) is 26.9 Å². The van der Waals surface area contributed by atoms with Crippen molar-refractivity contribution in [3.63, 3.8) is 0 Å². The van der Waals surface area contributed by atoms with E-state index in [1.807, 2.05) is 37.3 Å². The molecule has 0 saturated carbocycles. The number of hydrogen-bond acceptors (Lipinski definition) is 4. The number of benzene rings is 1. The van der Waals surface area contributed by atoms with Crippen LogP contribution >= 0.6 is 11.6 Å². The van der Waals surface area contributed by atoms with Crippen LogP contribution in [0.2, 0.25) is 0 Å². The van der Waals surface area contributed by atoms with Gasteiger partial charge in [-0.25, -0.2) is 9.98 Å². The molecule has 0 aliphatic carbocycles. The number of H-pyrrole nitrogens is 1. The summed E-state index contributed by atoms with van der Waals surface area (Å²) in [5.74, 6) is -0.129. The summed E-state index contributed by atoms with van der Waals surface area (Å²) in [7, 11) is 0. The van der Waals surface area contributed by atoms with Crippen molar-refractivity contribution < 1.29 is 4.39 Å². The van der Waals surface area contributed by atoms with Crippen molar-refractivity contribution in [3.8, 4) is 11.1 Å². The first-order chi connectivity index (χ1) is 13.0. The molecule has 138 valence electrons.